The molecule has 0 amide bonds. The summed E-state index contributed by atoms with van der Waals surface area (Å²) in [5, 5.41) is 0. The van der Waals surface area contributed by atoms with Gasteiger partial charge < -0.3 is 9.47 Å². The van der Waals surface area contributed by atoms with E-state index in [0.717, 1.165) is 17.9 Å². The van der Waals surface area contributed by atoms with Crippen molar-refractivity contribution < 1.29 is 14.3 Å². The zero-order chi connectivity index (χ0) is 13.0. The van der Waals surface area contributed by atoms with Crippen molar-refractivity contribution in [1.82, 2.24) is 0 Å². The van der Waals surface area contributed by atoms with Crippen molar-refractivity contribution in [2.24, 2.45) is 5.92 Å². The van der Waals surface area contributed by atoms with Crippen molar-refractivity contribution in [3.8, 4) is 11.5 Å². The van der Waals surface area contributed by atoms with Gasteiger partial charge in [-0.1, -0.05) is 13.8 Å². The van der Waals surface area contributed by atoms with Crippen molar-refractivity contribution in [2.75, 3.05) is 18.3 Å². The Labute approximate surface area is 112 Å². The van der Waals surface area contributed by atoms with E-state index < -0.39 is 0 Å². The molecule has 0 spiro atoms. The smallest absolute Gasteiger partial charge is 0.231 e. The Morgan fingerprint density at radius 1 is 1.33 bits per heavy atom. The fourth-order valence-corrected chi connectivity index (χ4v) is 2.77. The average Bonchev–Trinajstić information content (AvgIpc) is 2.81. The van der Waals surface area contributed by atoms with Gasteiger partial charge in [0.1, 0.15) is 0 Å². The van der Waals surface area contributed by atoms with Crippen LogP contribution in [0.4, 0.5) is 0 Å². The average molecular weight is 266 g/mol. The van der Waals surface area contributed by atoms with E-state index in [-0.39, 0.29) is 12.6 Å². The third-order valence-electron chi connectivity index (χ3n) is 2.77. The third kappa shape index (κ3) is 3.42. The van der Waals surface area contributed by atoms with Gasteiger partial charge in [-0.05, 0) is 36.3 Å². The second-order valence-electron chi connectivity index (χ2n) is 4.73. The Hall–Kier alpha value is -1.16. The summed E-state index contributed by atoms with van der Waals surface area (Å²) < 4.78 is 10.5. The molecule has 0 aliphatic carbocycles. The fraction of sp³-hybridized carbons (Fsp3) is 0.500. The molecule has 4 heteroatoms. The maximum Gasteiger partial charge on any atom is 0.231 e. The van der Waals surface area contributed by atoms with Gasteiger partial charge in [-0.3, -0.25) is 4.79 Å². The highest BCUT2D eigenvalue weighted by Gasteiger charge is 2.16. The van der Waals surface area contributed by atoms with E-state index >= 15 is 0 Å². The van der Waals surface area contributed by atoms with Crippen LogP contribution in [-0.2, 0) is 0 Å². The van der Waals surface area contributed by atoms with Gasteiger partial charge in [0.2, 0.25) is 6.79 Å². The van der Waals surface area contributed by atoms with Crippen molar-refractivity contribution >= 4 is 17.5 Å². The molecule has 18 heavy (non-hydrogen) atoms. The summed E-state index contributed by atoms with van der Waals surface area (Å²) in [7, 11) is 0. The topological polar surface area (TPSA) is 35.5 Å². The Kier molecular flexibility index (Phi) is 4.53. The van der Waals surface area contributed by atoms with Crippen molar-refractivity contribution in [1.29, 1.82) is 0 Å². The second kappa shape index (κ2) is 6.14. The molecule has 2 rings (SSSR count). The van der Waals surface area contributed by atoms with Crippen LogP contribution in [0, 0.1) is 5.92 Å². The predicted molar refractivity (Wildman–Crippen MR) is 73.7 cm³/mol. The van der Waals surface area contributed by atoms with Gasteiger partial charge in [-0.15, -0.1) is 0 Å². The summed E-state index contributed by atoms with van der Waals surface area (Å²) >= 11 is 1.70. The predicted octanol–water partition coefficient (Wildman–Crippen LogP) is 3.38. The van der Waals surface area contributed by atoms with Crippen LogP contribution in [0.5, 0.6) is 11.5 Å². The number of benzene rings is 1. The number of fused-ring (bicyclic) bond motifs is 1. The van der Waals surface area contributed by atoms with Crippen LogP contribution < -0.4 is 9.47 Å². The molecular weight excluding hydrogens is 248 g/mol. The van der Waals surface area contributed by atoms with E-state index in [4.69, 9.17) is 9.47 Å². The first-order chi connectivity index (χ1) is 8.66. The standard InChI is InChI=1S/C14H18O3S/c1-10(2)5-6-18-8-12(15)11-3-4-13-14(7-11)17-9-16-13/h3-4,7,10H,5-6,8-9H2,1-2H3. The summed E-state index contributed by atoms with van der Waals surface area (Å²) in [6.07, 6.45) is 1.15. The SMILES string of the molecule is CC(C)CCSCC(=O)c1ccc2c(c1)OCO2. The number of thioether (sulfide) groups is 1. The minimum absolute atomic E-state index is 0.155. The first-order valence-corrected chi connectivity index (χ1v) is 7.33. The monoisotopic (exact) mass is 266 g/mol. The van der Waals surface area contributed by atoms with Crippen molar-refractivity contribution in [3.63, 3.8) is 0 Å². The molecule has 0 fully saturated rings. The van der Waals surface area contributed by atoms with Crippen LogP contribution in [0.15, 0.2) is 18.2 Å². The van der Waals surface area contributed by atoms with E-state index in [0.29, 0.717) is 23.0 Å². The minimum atomic E-state index is 0.155. The molecule has 3 nitrogen and oxygen atoms in total. The highest BCUT2D eigenvalue weighted by atomic mass is 32.2. The molecule has 1 aromatic carbocycles. The number of carbonyl (C=O) groups excluding carboxylic acids is 1. The van der Waals surface area contributed by atoms with Gasteiger partial charge in [-0.25, -0.2) is 0 Å². The molecular formula is C14H18O3S. The molecule has 98 valence electrons. The summed E-state index contributed by atoms with van der Waals surface area (Å²) in [5.74, 6) is 3.81. The van der Waals surface area contributed by atoms with Gasteiger partial charge in [0, 0.05) is 5.56 Å². The minimum Gasteiger partial charge on any atom is -0.454 e. The molecule has 0 radical (unpaired) electrons. The maximum atomic E-state index is 12.0. The number of hydrogen-bond acceptors (Lipinski definition) is 4. The van der Waals surface area contributed by atoms with E-state index in [1.54, 1.807) is 30.0 Å². The second-order valence-corrected chi connectivity index (χ2v) is 5.83. The molecule has 1 aromatic rings. The number of ketones is 1. The third-order valence-corrected chi connectivity index (χ3v) is 3.76. The first-order valence-electron chi connectivity index (χ1n) is 6.17. The Morgan fingerprint density at radius 2 is 2.11 bits per heavy atom. The van der Waals surface area contributed by atoms with Crippen LogP contribution in [0.3, 0.4) is 0 Å². The van der Waals surface area contributed by atoms with Crippen molar-refractivity contribution in [3.05, 3.63) is 23.8 Å². The molecule has 0 atom stereocenters. The van der Waals surface area contributed by atoms with Crippen molar-refractivity contribution in [2.45, 2.75) is 20.3 Å². The van der Waals surface area contributed by atoms with E-state index in [2.05, 4.69) is 13.8 Å². The van der Waals surface area contributed by atoms with E-state index in [1.165, 1.54) is 0 Å². The Balaban J connectivity index is 1.85. The molecule has 0 aromatic heterocycles. The first kappa shape index (κ1) is 13.3. The van der Waals surface area contributed by atoms with Gasteiger partial charge in [0.05, 0.1) is 5.75 Å². The molecule has 1 aliphatic rings. The van der Waals surface area contributed by atoms with Crippen LogP contribution in [0.25, 0.3) is 0 Å². The molecule has 0 bridgehead atoms. The largest absolute Gasteiger partial charge is 0.454 e. The van der Waals surface area contributed by atoms with Gasteiger partial charge in [0.25, 0.3) is 0 Å². The van der Waals surface area contributed by atoms with Gasteiger partial charge in [0.15, 0.2) is 17.3 Å². The number of Topliss-reactive ketones (excluding diaryl/α,β-unsaturated/α-hetero) is 1. The Morgan fingerprint density at radius 3 is 2.89 bits per heavy atom. The zero-order valence-corrected chi connectivity index (χ0v) is 11.6. The highest BCUT2D eigenvalue weighted by molar-refractivity contribution is 7.99. The Bertz CT molecular complexity index is 429. The number of rotatable bonds is 6. The maximum absolute atomic E-state index is 12.0. The van der Waals surface area contributed by atoms with Crippen LogP contribution >= 0.6 is 11.8 Å². The lowest BCUT2D eigenvalue weighted by Gasteiger charge is -2.04. The van der Waals surface area contributed by atoms with Gasteiger partial charge in [-0.2, -0.15) is 11.8 Å². The molecule has 0 N–H and O–H groups in total. The lowest BCUT2D eigenvalue weighted by atomic mass is 10.1. The molecule has 0 saturated heterocycles. The fourth-order valence-electron chi connectivity index (χ4n) is 1.64. The molecule has 0 unspecified atom stereocenters. The highest BCUT2D eigenvalue weighted by Crippen LogP contribution is 2.32. The van der Waals surface area contributed by atoms with E-state index in [9.17, 15) is 4.79 Å². The van der Waals surface area contributed by atoms with Crippen LogP contribution in [0.1, 0.15) is 30.6 Å². The lowest BCUT2D eigenvalue weighted by Crippen LogP contribution is -2.03. The zero-order valence-electron chi connectivity index (χ0n) is 10.8. The number of ether oxygens (including phenoxy) is 2. The summed E-state index contributed by atoms with van der Waals surface area (Å²) in [5.41, 5.74) is 0.705. The molecule has 1 heterocycles. The lowest BCUT2D eigenvalue weighted by molar-refractivity contribution is 0.102. The summed E-state index contributed by atoms with van der Waals surface area (Å²) in [6.45, 7) is 4.64. The van der Waals surface area contributed by atoms with Gasteiger partial charge >= 0.3 is 0 Å². The number of hydrogen-bond donors (Lipinski definition) is 0. The molecule has 0 saturated carbocycles. The summed E-state index contributed by atoms with van der Waals surface area (Å²) in [6, 6.07) is 5.38. The quantitative estimate of drug-likeness (QED) is 0.584. The number of carbonyl (C=O) groups is 1. The normalized spacial score (nSPS) is 13.1. The molecule has 1 aliphatic heterocycles. The van der Waals surface area contributed by atoms with Crippen LogP contribution in [-0.4, -0.2) is 24.1 Å². The van der Waals surface area contributed by atoms with Crippen LogP contribution in [0.2, 0.25) is 0 Å². The van der Waals surface area contributed by atoms with E-state index in [1.807, 2.05) is 0 Å². The summed E-state index contributed by atoms with van der Waals surface area (Å²) in [4.78, 5) is 12.0.